The van der Waals surface area contributed by atoms with Crippen LogP contribution in [0.1, 0.15) is 10.5 Å². The highest BCUT2D eigenvalue weighted by Crippen LogP contribution is 2.32. The number of hydrogen-bond acceptors (Lipinski definition) is 7. The van der Waals surface area contributed by atoms with Crippen molar-refractivity contribution in [1.82, 2.24) is 14.3 Å². The molecule has 0 spiro atoms. The van der Waals surface area contributed by atoms with Gasteiger partial charge in [-0.05, 0) is 36.9 Å². The molecule has 1 atom stereocenters. The van der Waals surface area contributed by atoms with Crippen LogP contribution in [0.3, 0.4) is 0 Å². The molecule has 0 aliphatic carbocycles. The standard InChI is InChI=1S/C25H22ClN3O5S.CH5N/c26-19-6-7-23-22(11-19)25(24(15-30)28-23)35(31,32)29-8-9-33-21(14-29)16-34-20-10-18(12-27-13-20)17-4-2-1-3-5-17;1-2/h1-7,10-13,15,21,28H,8-9,14,16H2;2H2,1H3. The van der Waals surface area contributed by atoms with Crippen LogP contribution in [0.15, 0.2) is 71.9 Å². The summed E-state index contributed by atoms with van der Waals surface area (Å²) >= 11 is 6.10. The molecule has 0 amide bonds. The van der Waals surface area contributed by atoms with Gasteiger partial charge in [-0.25, -0.2) is 8.42 Å². The van der Waals surface area contributed by atoms with Crippen LogP contribution in [-0.2, 0) is 14.8 Å². The van der Waals surface area contributed by atoms with E-state index < -0.39 is 16.1 Å². The van der Waals surface area contributed by atoms with Gasteiger partial charge in [0.05, 0.1) is 18.5 Å². The van der Waals surface area contributed by atoms with Crippen LogP contribution in [-0.4, -0.2) is 68.4 Å². The van der Waals surface area contributed by atoms with Crippen LogP contribution < -0.4 is 10.5 Å². The number of nitrogens with two attached hydrogens (primary N) is 1. The van der Waals surface area contributed by atoms with Gasteiger partial charge >= 0.3 is 0 Å². The molecule has 1 unspecified atom stereocenters. The van der Waals surface area contributed by atoms with E-state index in [4.69, 9.17) is 21.1 Å². The third-order valence-electron chi connectivity index (χ3n) is 5.81. The number of carbonyl (C=O) groups excluding carboxylic acids is 1. The summed E-state index contributed by atoms with van der Waals surface area (Å²) in [5.41, 5.74) is 6.94. The molecule has 1 fully saturated rings. The molecule has 37 heavy (non-hydrogen) atoms. The van der Waals surface area contributed by atoms with Gasteiger partial charge in [-0.3, -0.25) is 9.78 Å². The lowest BCUT2D eigenvalue weighted by Crippen LogP contribution is -2.47. The van der Waals surface area contributed by atoms with E-state index in [0.29, 0.717) is 28.0 Å². The Labute approximate surface area is 220 Å². The van der Waals surface area contributed by atoms with Crippen LogP contribution in [0.4, 0.5) is 0 Å². The summed E-state index contributed by atoms with van der Waals surface area (Å²) in [5, 5.41) is 0.757. The Morgan fingerprint density at radius 3 is 2.70 bits per heavy atom. The van der Waals surface area contributed by atoms with Crippen LogP contribution in [0, 0.1) is 0 Å². The van der Waals surface area contributed by atoms with Crippen molar-refractivity contribution in [3.8, 4) is 16.9 Å². The fourth-order valence-corrected chi connectivity index (χ4v) is 6.07. The van der Waals surface area contributed by atoms with Gasteiger partial charge in [0.15, 0.2) is 6.29 Å². The molecule has 9 nitrogen and oxygen atoms in total. The van der Waals surface area contributed by atoms with Crippen LogP contribution >= 0.6 is 11.6 Å². The number of morpholine rings is 1. The van der Waals surface area contributed by atoms with Crippen molar-refractivity contribution in [3.63, 3.8) is 0 Å². The Hall–Kier alpha value is -3.28. The molecule has 11 heteroatoms. The maximum atomic E-state index is 13.6. The van der Waals surface area contributed by atoms with Gasteiger partial charge in [-0.15, -0.1) is 0 Å². The first-order valence-corrected chi connectivity index (χ1v) is 13.4. The first-order valence-electron chi connectivity index (χ1n) is 11.5. The molecule has 3 heterocycles. The number of aldehydes is 1. The first-order chi connectivity index (χ1) is 18.0. The normalized spacial score (nSPS) is 16.1. The van der Waals surface area contributed by atoms with Crippen LogP contribution in [0.5, 0.6) is 5.75 Å². The highest BCUT2D eigenvalue weighted by atomic mass is 35.5. The number of aromatic amines is 1. The van der Waals surface area contributed by atoms with E-state index in [1.165, 1.54) is 11.4 Å². The number of fused-ring (bicyclic) bond motifs is 1. The highest BCUT2D eigenvalue weighted by Gasteiger charge is 2.35. The van der Waals surface area contributed by atoms with Crippen molar-refractivity contribution < 1.29 is 22.7 Å². The number of aromatic nitrogens is 2. The number of ether oxygens (including phenoxy) is 2. The second-order valence-electron chi connectivity index (χ2n) is 8.12. The second-order valence-corrected chi connectivity index (χ2v) is 10.4. The Balaban J connectivity index is 0.00000156. The lowest BCUT2D eigenvalue weighted by Gasteiger charge is -2.32. The molecule has 2 aromatic heterocycles. The van der Waals surface area contributed by atoms with Gasteiger partial charge in [0.2, 0.25) is 10.0 Å². The van der Waals surface area contributed by atoms with Crippen molar-refractivity contribution in [2.45, 2.75) is 11.0 Å². The van der Waals surface area contributed by atoms with E-state index in [2.05, 4.69) is 15.7 Å². The van der Waals surface area contributed by atoms with Gasteiger partial charge in [-0.1, -0.05) is 41.9 Å². The van der Waals surface area contributed by atoms with Gasteiger partial charge in [0.25, 0.3) is 0 Å². The fourth-order valence-electron chi connectivity index (χ4n) is 4.14. The van der Waals surface area contributed by atoms with E-state index in [1.807, 2.05) is 36.4 Å². The van der Waals surface area contributed by atoms with Crippen molar-refractivity contribution in [2.75, 3.05) is 33.4 Å². The number of nitrogens with zero attached hydrogens (tertiary/aromatic N) is 2. The quantitative estimate of drug-likeness (QED) is 0.340. The number of benzene rings is 2. The number of pyridine rings is 1. The van der Waals surface area contributed by atoms with Crippen molar-refractivity contribution in [1.29, 1.82) is 0 Å². The lowest BCUT2D eigenvalue weighted by molar-refractivity contribution is -0.0249. The Morgan fingerprint density at radius 2 is 1.95 bits per heavy atom. The van der Waals surface area contributed by atoms with Gasteiger partial charge in [0, 0.05) is 40.8 Å². The Morgan fingerprint density at radius 1 is 1.16 bits per heavy atom. The average Bonchev–Trinajstić information content (AvgIpc) is 3.32. The molecule has 1 aliphatic rings. The molecular formula is C26H27ClN4O5S. The topological polar surface area (TPSA) is 128 Å². The minimum Gasteiger partial charge on any atom is -0.489 e. The van der Waals surface area contributed by atoms with Crippen molar-refractivity contribution >= 4 is 38.8 Å². The molecule has 4 aromatic rings. The zero-order valence-electron chi connectivity index (χ0n) is 20.1. The third kappa shape index (κ3) is 5.84. The smallest absolute Gasteiger partial charge is 0.246 e. The Kier molecular flexibility index (Phi) is 8.57. The number of halogens is 1. The Bertz CT molecular complexity index is 1480. The lowest BCUT2D eigenvalue weighted by atomic mass is 10.1. The van der Waals surface area contributed by atoms with E-state index in [9.17, 15) is 13.2 Å². The summed E-state index contributed by atoms with van der Waals surface area (Å²) in [7, 11) is -2.50. The number of hydrogen-bond donors (Lipinski definition) is 2. The molecule has 5 rings (SSSR count). The van der Waals surface area contributed by atoms with Crippen molar-refractivity contribution in [3.05, 3.63) is 77.7 Å². The second kappa shape index (κ2) is 11.8. The number of carbonyl (C=O) groups is 1. The summed E-state index contributed by atoms with van der Waals surface area (Å²) in [6.07, 6.45) is 3.38. The van der Waals surface area contributed by atoms with Gasteiger partial charge in [-0.2, -0.15) is 4.31 Å². The summed E-state index contributed by atoms with van der Waals surface area (Å²) in [4.78, 5) is 18.7. The molecular weight excluding hydrogens is 516 g/mol. The van der Waals surface area contributed by atoms with Crippen molar-refractivity contribution in [2.24, 2.45) is 5.73 Å². The fraction of sp³-hybridized carbons (Fsp3) is 0.231. The van der Waals surface area contributed by atoms with Crippen LogP contribution in [0.2, 0.25) is 5.02 Å². The molecule has 1 saturated heterocycles. The SMILES string of the molecule is CN.O=Cc1[nH]c2ccc(Cl)cc2c1S(=O)(=O)N1CCOC(COc2cncc(-c3ccccc3)c2)C1. The minimum absolute atomic E-state index is 0.00893. The monoisotopic (exact) mass is 542 g/mol. The molecule has 0 saturated carbocycles. The molecule has 2 aromatic carbocycles. The van der Waals surface area contributed by atoms with E-state index in [0.717, 1.165) is 11.1 Å². The molecule has 0 bridgehead atoms. The maximum absolute atomic E-state index is 13.6. The molecule has 194 valence electrons. The molecule has 0 radical (unpaired) electrons. The zero-order valence-corrected chi connectivity index (χ0v) is 21.7. The number of nitrogens with one attached hydrogen (secondary N) is 1. The maximum Gasteiger partial charge on any atom is 0.246 e. The minimum atomic E-state index is -4.00. The van der Waals surface area contributed by atoms with Gasteiger partial charge < -0.3 is 20.2 Å². The number of sulfonamides is 1. The van der Waals surface area contributed by atoms with E-state index in [1.54, 1.807) is 30.6 Å². The summed E-state index contributed by atoms with van der Waals surface area (Å²) in [6, 6.07) is 16.5. The molecule has 3 N–H and O–H groups in total. The largest absolute Gasteiger partial charge is 0.489 e. The zero-order chi connectivity index (χ0) is 26.4. The summed E-state index contributed by atoms with van der Waals surface area (Å²) in [6.45, 7) is 0.594. The highest BCUT2D eigenvalue weighted by molar-refractivity contribution is 7.89. The predicted molar refractivity (Wildman–Crippen MR) is 142 cm³/mol. The van der Waals surface area contributed by atoms with E-state index in [-0.39, 0.29) is 36.9 Å². The number of H-pyrrole nitrogens is 1. The number of rotatable bonds is 7. The summed E-state index contributed by atoms with van der Waals surface area (Å²) in [5.74, 6) is 0.560. The molecule has 1 aliphatic heterocycles. The van der Waals surface area contributed by atoms with Gasteiger partial charge in [0.1, 0.15) is 23.4 Å². The third-order valence-corrected chi connectivity index (χ3v) is 8.02. The van der Waals surface area contributed by atoms with Crippen LogP contribution in [0.25, 0.3) is 22.0 Å². The van der Waals surface area contributed by atoms with E-state index >= 15 is 0 Å². The summed E-state index contributed by atoms with van der Waals surface area (Å²) < 4.78 is 40.1. The average molecular weight is 543 g/mol. The predicted octanol–water partition coefficient (Wildman–Crippen LogP) is 3.74. The first kappa shape index (κ1) is 26.8.